The molecule has 4 aliphatic heterocycles. The van der Waals surface area contributed by atoms with Crippen molar-refractivity contribution in [3.8, 4) is 5.75 Å². The van der Waals surface area contributed by atoms with Crippen molar-refractivity contribution in [1.82, 2.24) is 35.3 Å². The molecular weight excluding hydrogens is 919 g/mol. The number of benzene rings is 3. The lowest BCUT2D eigenvalue weighted by Crippen LogP contribution is -2.56. The first-order valence-corrected chi connectivity index (χ1v) is 25.4. The van der Waals surface area contributed by atoms with E-state index < -0.39 is 19.5 Å². The fourth-order valence-electron chi connectivity index (χ4n) is 9.02. The predicted octanol–water partition coefficient (Wildman–Crippen LogP) is 6.37. The molecule has 0 aliphatic carbocycles. The highest BCUT2D eigenvalue weighted by molar-refractivity contribution is 7.99. The van der Waals surface area contributed by atoms with E-state index in [1.165, 1.54) is 20.4 Å². The van der Waals surface area contributed by atoms with Gasteiger partial charge < -0.3 is 44.4 Å². The highest BCUT2D eigenvalue weighted by atomic mass is 35.5. The number of fused-ring (bicyclic) bond motifs is 1. The Kier molecular flexibility index (Phi) is 15.5. The second kappa shape index (κ2) is 21.7. The van der Waals surface area contributed by atoms with Gasteiger partial charge >= 0.3 is 13.6 Å². The molecule has 4 aromatic rings. The fraction of sp³-hybridized carbons (Fsp3) is 0.435. The zero-order chi connectivity index (χ0) is 47.1. The van der Waals surface area contributed by atoms with Gasteiger partial charge in [0.05, 0.1) is 30.0 Å². The highest BCUT2D eigenvalue weighted by Gasteiger charge is 2.40. The molecule has 8 rings (SSSR count). The van der Waals surface area contributed by atoms with Gasteiger partial charge in [-0.15, -0.1) is 11.8 Å². The summed E-state index contributed by atoms with van der Waals surface area (Å²) in [5, 5.41) is 12.5. The third-order valence-electron chi connectivity index (χ3n) is 12.7. The summed E-state index contributed by atoms with van der Waals surface area (Å²) in [5.74, 6) is 1.16. The van der Waals surface area contributed by atoms with Gasteiger partial charge in [-0.3, -0.25) is 29.2 Å². The Morgan fingerprint density at radius 1 is 0.910 bits per heavy atom. The molecule has 1 atom stereocenters. The zero-order valence-corrected chi connectivity index (χ0v) is 40.3. The van der Waals surface area contributed by atoms with E-state index >= 15 is 0 Å². The van der Waals surface area contributed by atoms with Crippen LogP contribution in [0.1, 0.15) is 54.4 Å². The number of hydrogen-bond donors (Lipinski definition) is 4. The summed E-state index contributed by atoms with van der Waals surface area (Å²) in [6, 6.07) is 18.4. The maximum absolute atomic E-state index is 13.2. The van der Waals surface area contributed by atoms with E-state index in [0.717, 1.165) is 73.8 Å². The largest absolute Gasteiger partial charge is 0.494 e. The van der Waals surface area contributed by atoms with E-state index in [9.17, 15) is 23.7 Å². The number of aromatic nitrogens is 2. The van der Waals surface area contributed by atoms with Crippen molar-refractivity contribution in [2.75, 3.05) is 88.4 Å². The number of unbranched alkanes of at least 4 members (excludes halogenated alkanes) is 1. The second-order valence-corrected chi connectivity index (χ2v) is 20.4. The normalized spacial score (nSPS) is 18.2. The van der Waals surface area contributed by atoms with Gasteiger partial charge in [-0.1, -0.05) is 29.8 Å². The first kappa shape index (κ1) is 48.0. The first-order chi connectivity index (χ1) is 32.5. The summed E-state index contributed by atoms with van der Waals surface area (Å²) in [6.07, 6.45) is 5.79. The number of hydrogen-bond acceptors (Lipinski definition) is 15. The number of anilines is 5. The van der Waals surface area contributed by atoms with Crippen LogP contribution in [0, 0.1) is 0 Å². The molecule has 3 aromatic carbocycles. The number of urea groups is 1. The highest BCUT2D eigenvalue weighted by Crippen LogP contribution is 2.47. The maximum Gasteiger partial charge on any atom is 0.362 e. The van der Waals surface area contributed by atoms with Crippen LogP contribution in [0.2, 0.25) is 5.02 Å². The van der Waals surface area contributed by atoms with Gasteiger partial charge in [0.25, 0.3) is 5.91 Å². The number of nitrogens with one attached hydrogen (secondary N) is 4. The quantitative estimate of drug-likeness (QED) is 0.0394. The molecule has 18 nitrogen and oxygen atoms in total. The van der Waals surface area contributed by atoms with Crippen LogP contribution in [0.5, 0.6) is 5.75 Å². The molecule has 67 heavy (non-hydrogen) atoms. The first-order valence-electron chi connectivity index (χ1n) is 22.5. The van der Waals surface area contributed by atoms with Gasteiger partial charge in [-0.25, -0.2) is 9.78 Å². The van der Waals surface area contributed by atoms with Crippen LogP contribution >= 0.6 is 31.0 Å². The number of rotatable bonds is 17. The van der Waals surface area contributed by atoms with E-state index in [1.54, 1.807) is 54.1 Å². The van der Waals surface area contributed by atoms with E-state index in [-0.39, 0.29) is 35.2 Å². The number of thioether (sulfide) groups is 1. The smallest absolute Gasteiger partial charge is 0.362 e. The maximum atomic E-state index is 13.2. The number of para-hydroxylation sites is 1. The van der Waals surface area contributed by atoms with Crippen LogP contribution in [0.15, 0.2) is 71.8 Å². The van der Waals surface area contributed by atoms with E-state index in [0.29, 0.717) is 72.5 Å². The number of nitrogens with zero attached hydrogens (tertiary/aromatic N) is 6. The fourth-order valence-corrected chi connectivity index (χ4v) is 11.5. The van der Waals surface area contributed by atoms with Crippen LogP contribution in [-0.4, -0.2) is 133 Å². The molecule has 356 valence electrons. The second-order valence-electron chi connectivity index (χ2n) is 16.6. The lowest BCUT2D eigenvalue weighted by atomic mass is 10.0. The van der Waals surface area contributed by atoms with Crippen molar-refractivity contribution in [3.63, 3.8) is 0 Å². The number of methoxy groups -OCH3 is 1. The Bertz CT molecular complexity index is 2520. The van der Waals surface area contributed by atoms with Crippen LogP contribution in [0.4, 0.5) is 33.6 Å². The van der Waals surface area contributed by atoms with E-state index in [1.807, 2.05) is 29.2 Å². The molecule has 3 saturated heterocycles. The van der Waals surface area contributed by atoms with Crippen molar-refractivity contribution >= 4 is 88.8 Å². The molecule has 5 heterocycles. The van der Waals surface area contributed by atoms with Gasteiger partial charge in [0, 0.05) is 101 Å². The number of halogens is 1. The summed E-state index contributed by atoms with van der Waals surface area (Å²) >= 11 is 8.18. The number of piperazine rings is 1. The summed E-state index contributed by atoms with van der Waals surface area (Å²) in [7, 11) is 0.709. The molecule has 4 aliphatic rings. The Balaban J connectivity index is 0.750. The summed E-state index contributed by atoms with van der Waals surface area (Å²) in [5.41, 5.74) is 3.74. The van der Waals surface area contributed by atoms with Crippen molar-refractivity contribution in [1.29, 1.82) is 0 Å². The van der Waals surface area contributed by atoms with Gasteiger partial charge in [-0.05, 0) is 79.8 Å². The van der Waals surface area contributed by atoms with Gasteiger partial charge in [0.15, 0.2) is 5.82 Å². The SMILES string of the molecule is COc1cc(N2CCC(N3CCN(C(=O)NCCCCSc4cccc5c4CN(C4CCC(=O)NC4=O)C5=O)CC3)CC2)ccc1Nc1ncc(Cl)c(Nc2ccccc2P(=O)(OC)OC)n1. The van der Waals surface area contributed by atoms with Crippen molar-refractivity contribution in [2.24, 2.45) is 0 Å². The van der Waals surface area contributed by atoms with Crippen molar-refractivity contribution in [3.05, 3.63) is 83.0 Å². The molecule has 5 amide bonds. The summed E-state index contributed by atoms with van der Waals surface area (Å²) in [4.78, 5) is 68.7. The minimum absolute atomic E-state index is 0.0228. The Labute approximate surface area is 399 Å². The molecular formula is C46H56ClN10O8PS. The third-order valence-corrected chi connectivity index (χ3v) is 16.1. The average molecular weight is 976 g/mol. The van der Waals surface area contributed by atoms with Crippen LogP contribution in [0.3, 0.4) is 0 Å². The number of ether oxygens (including phenoxy) is 1. The minimum atomic E-state index is -3.57. The molecule has 1 aromatic heterocycles. The molecule has 0 saturated carbocycles. The molecule has 0 spiro atoms. The summed E-state index contributed by atoms with van der Waals surface area (Å²) in [6.45, 7) is 5.78. The van der Waals surface area contributed by atoms with Gasteiger partial charge in [-0.2, -0.15) is 4.98 Å². The molecule has 0 radical (unpaired) electrons. The lowest BCUT2D eigenvalue weighted by molar-refractivity contribution is -0.136. The van der Waals surface area contributed by atoms with Crippen molar-refractivity contribution in [2.45, 2.75) is 62.0 Å². The Morgan fingerprint density at radius 2 is 1.69 bits per heavy atom. The van der Waals surface area contributed by atoms with Gasteiger partial charge in [0.2, 0.25) is 17.8 Å². The Morgan fingerprint density at radius 3 is 2.43 bits per heavy atom. The average Bonchev–Trinajstić information content (AvgIpc) is 3.69. The topological polar surface area (TPSA) is 200 Å². The molecule has 21 heteroatoms. The van der Waals surface area contributed by atoms with Crippen molar-refractivity contribution < 1.29 is 37.5 Å². The van der Waals surface area contributed by atoms with Crippen LogP contribution in [0.25, 0.3) is 0 Å². The summed E-state index contributed by atoms with van der Waals surface area (Å²) < 4.78 is 29.5. The van der Waals surface area contributed by atoms with E-state index in [4.69, 9.17) is 25.4 Å². The molecule has 4 N–H and O–H groups in total. The van der Waals surface area contributed by atoms with Gasteiger partial charge in [0.1, 0.15) is 16.8 Å². The lowest BCUT2D eigenvalue weighted by Gasteiger charge is -2.43. The Hall–Kier alpha value is -5.43. The number of carbonyl (C=O) groups is 4. The van der Waals surface area contributed by atoms with E-state index in [2.05, 4.69) is 47.1 Å². The number of piperidine rings is 2. The third kappa shape index (κ3) is 11.0. The number of imide groups is 1. The number of amides is 5. The monoisotopic (exact) mass is 974 g/mol. The molecule has 1 unspecified atom stereocenters. The standard InChI is InChI=1S/C46H56ClN10O8PS/c1-63-38-27-31(13-14-35(38)51-45-49-28-34(47)42(53-45)50-36-10-4-5-11-39(36)66(62,64-2)65-3)54-20-17-30(18-21-54)55-22-24-56(25-23-55)46(61)48-19-6-7-26-67-40-12-8-9-32-33(40)29-57(44(32)60)37-15-16-41(58)52-43(37)59/h4-5,8-14,27-28,30,37H,6-7,15-26,29H2,1-3H3,(H,48,61)(H,52,58,59)(H2,49,50,51,53). The predicted molar refractivity (Wildman–Crippen MR) is 259 cm³/mol. The molecule has 0 bridgehead atoms. The number of carbonyl (C=O) groups excluding carboxylic acids is 4. The van der Waals surface area contributed by atoms with Crippen LogP contribution in [-0.2, 0) is 29.7 Å². The minimum Gasteiger partial charge on any atom is -0.494 e. The van der Waals surface area contributed by atoms with Crippen LogP contribution < -0.4 is 36.2 Å². The zero-order valence-electron chi connectivity index (χ0n) is 37.8. The molecule has 3 fully saturated rings.